The number of hydrogen-bond acceptors (Lipinski definition) is 4. The summed E-state index contributed by atoms with van der Waals surface area (Å²) in [6, 6.07) is 5.44. The van der Waals surface area contributed by atoms with Gasteiger partial charge in [0.05, 0.1) is 13.1 Å². The van der Waals surface area contributed by atoms with E-state index >= 15 is 0 Å². The maximum atomic E-state index is 6.24. The Balaban J connectivity index is 0.00000364. The highest BCUT2D eigenvalue weighted by molar-refractivity contribution is 14.0. The SMILES string of the molecule is CSCCCNC(=NCc1ccc(Cl)cc1Cl)NCc1nnc(C)n1C.I. The Kier molecular flexibility index (Phi) is 11.4. The summed E-state index contributed by atoms with van der Waals surface area (Å²) in [7, 11) is 1.95. The first-order valence-corrected chi connectivity index (χ1v) is 10.5. The Morgan fingerprint density at radius 2 is 2.04 bits per heavy atom. The van der Waals surface area contributed by atoms with Gasteiger partial charge in [-0.25, -0.2) is 4.99 Å². The van der Waals surface area contributed by atoms with Crippen molar-refractivity contribution in [2.24, 2.45) is 12.0 Å². The number of aromatic nitrogens is 3. The molecule has 1 aromatic carbocycles. The molecule has 0 saturated heterocycles. The molecule has 0 saturated carbocycles. The predicted molar refractivity (Wildman–Crippen MR) is 127 cm³/mol. The molecule has 0 fully saturated rings. The van der Waals surface area contributed by atoms with Crippen LogP contribution < -0.4 is 10.6 Å². The summed E-state index contributed by atoms with van der Waals surface area (Å²) in [5, 5.41) is 16.1. The highest BCUT2D eigenvalue weighted by Gasteiger charge is 2.07. The molecule has 0 spiro atoms. The first kappa shape index (κ1) is 24.3. The lowest BCUT2D eigenvalue weighted by atomic mass is 10.2. The van der Waals surface area contributed by atoms with Crippen molar-refractivity contribution in [1.29, 1.82) is 0 Å². The summed E-state index contributed by atoms with van der Waals surface area (Å²) in [4.78, 5) is 4.64. The molecule has 0 unspecified atom stereocenters. The van der Waals surface area contributed by atoms with Gasteiger partial charge in [-0.15, -0.1) is 34.2 Å². The molecule has 0 aliphatic heterocycles. The summed E-state index contributed by atoms with van der Waals surface area (Å²) in [6.07, 6.45) is 3.17. The van der Waals surface area contributed by atoms with E-state index in [9.17, 15) is 0 Å². The van der Waals surface area contributed by atoms with E-state index in [1.165, 1.54) is 0 Å². The molecule has 2 aromatic rings. The molecule has 2 N–H and O–H groups in total. The van der Waals surface area contributed by atoms with Gasteiger partial charge in [-0.3, -0.25) is 0 Å². The normalized spacial score (nSPS) is 11.2. The Morgan fingerprint density at radius 3 is 2.67 bits per heavy atom. The average molecular weight is 543 g/mol. The third-order valence-electron chi connectivity index (χ3n) is 3.84. The summed E-state index contributed by atoms with van der Waals surface area (Å²) in [5.41, 5.74) is 0.927. The van der Waals surface area contributed by atoms with E-state index in [0.717, 1.165) is 41.9 Å². The fourth-order valence-corrected chi connectivity index (χ4v) is 3.08. The van der Waals surface area contributed by atoms with Gasteiger partial charge < -0.3 is 15.2 Å². The Morgan fingerprint density at radius 1 is 1.26 bits per heavy atom. The number of nitrogens with zero attached hydrogens (tertiary/aromatic N) is 4. The molecule has 0 amide bonds. The lowest BCUT2D eigenvalue weighted by molar-refractivity contribution is 0.711. The van der Waals surface area contributed by atoms with Gasteiger partial charge in [-0.05, 0) is 43.0 Å². The lowest BCUT2D eigenvalue weighted by Crippen LogP contribution is -2.38. The van der Waals surface area contributed by atoms with Crippen molar-refractivity contribution in [3.05, 3.63) is 45.5 Å². The number of nitrogens with one attached hydrogen (secondary N) is 2. The summed E-state index contributed by atoms with van der Waals surface area (Å²) < 4.78 is 1.95. The largest absolute Gasteiger partial charge is 0.356 e. The molecule has 6 nitrogen and oxygen atoms in total. The third-order valence-corrected chi connectivity index (χ3v) is 5.12. The number of aliphatic imine (C=N–C) groups is 1. The number of thioether (sulfide) groups is 1. The molecule has 27 heavy (non-hydrogen) atoms. The second kappa shape index (κ2) is 12.7. The highest BCUT2D eigenvalue weighted by Crippen LogP contribution is 2.21. The van der Waals surface area contributed by atoms with Gasteiger partial charge in [0.15, 0.2) is 11.8 Å². The van der Waals surface area contributed by atoms with Crippen LogP contribution >= 0.6 is 58.9 Å². The smallest absolute Gasteiger partial charge is 0.191 e. The Hall–Kier alpha value is -0.710. The van der Waals surface area contributed by atoms with Crippen LogP contribution in [0.3, 0.4) is 0 Å². The second-order valence-electron chi connectivity index (χ2n) is 5.75. The molecule has 0 radical (unpaired) electrons. The van der Waals surface area contributed by atoms with Crippen molar-refractivity contribution in [2.75, 3.05) is 18.6 Å². The molecule has 0 atom stereocenters. The Bertz CT molecular complexity index is 753. The zero-order chi connectivity index (χ0) is 18.9. The van der Waals surface area contributed by atoms with E-state index in [4.69, 9.17) is 23.2 Å². The third kappa shape index (κ3) is 8.05. The van der Waals surface area contributed by atoms with Crippen LogP contribution in [-0.2, 0) is 20.1 Å². The van der Waals surface area contributed by atoms with E-state index in [1.807, 2.05) is 42.4 Å². The maximum Gasteiger partial charge on any atom is 0.191 e. The minimum absolute atomic E-state index is 0. The molecule has 150 valence electrons. The van der Waals surface area contributed by atoms with E-state index in [0.29, 0.717) is 23.1 Å². The number of rotatable bonds is 8. The van der Waals surface area contributed by atoms with Crippen LogP contribution in [0.25, 0.3) is 0 Å². The molecule has 1 aromatic heterocycles. The zero-order valence-corrected chi connectivity index (χ0v) is 20.3. The summed E-state index contributed by atoms with van der Waals surface area (Å²) in [5.74, 6) is 3.55. The van der Waals surface area contributed by atoms with Crippen LogP contribution in [0.15, 0.2) is 23.2 Å². The molecule has 0 aliphatic carbocycles. The van der Waals surface area contributed by atoms with Crippen molar-refractivity contribution in [1.82, 2.24) is 25.4 Å². The molecular formula is C17H25Cl2IN6S. The Labute approximate surface area is 191 Å². The molecule has 2 rings (SSSR count). The monoisotopic (exact) mass is 542 g/mol. The van der Waals surface area contributed by atoms with Crippen LogP contribution in [-0.4, -0.2) is 39.3 Å². The molecule has 10 heteroatoms. The van der Waals surface area contributed by atoms with Crippen LogP contribution in [0.1, 0.15) is 23.6 Å². The molecule has 0 bridgehead atoms. The van der Waals surface area contributed by atoms with Gasteiger partial charge in [-0.1, -0.05) is 29.3 Å². The first-order valence-electron chi connectivity index (χ1n) is 8.31. The van der Waals surface area contributed by atoms with Gasteiger partial charge in [-0.2, -0.15) is 11.8 Å². The maximum absolute atomic E-state index is 6.24. The van der Waals surface area contributed by atoms with Crippen molar-refractivity contribution in [3.8, 4) is 0 Å². The second-order valence-corrected chi connectivity index (χ2v) is 7.58. The van der Waals surface area contributed by atoms with Crippen molar-refractivity contribution >= 4 is 64.9 Å². The van der Waals surface area contributed by atoms with Crippen LogP contribution in [0.4, 0.5) is 0 Å². The van der Waals surface area contributed by atoms with Crippen LogP contribution in [0.2, 0.25) is 10.0 Å². The number of aryl methyl sites for hydroxylation is 1. The van der Waals surface area contributed by atoms with Gasteiger partial charge in [0.1, 0.15) is 5.82 Å². The average Bonchev–Trinajstić information content (AvgIpc) is 2.93. The predicted octanol–water partition coefficient (Wildman–Crippen LogP) is 4.04. The molecular weight excluding hydrogens is 518 g/mol. The van der Waals surface area contributed by atoms with Crippen molar-refractivity contribution in [2.45, 2.75) is 26.4 Å². The minimum Gasteiger partial charge on any atom is -0.356 e. The standard InChI is InChI=1S/C17H24Cl2N6S.HI/c1-12-23-24-16(25(12)2)11-22-17(20-7-4-8-26-3)21-10-13-5-6-14(18)9-15(13)19;/h5-6,9H,4,7-8,10-11H2,1-3H3,(H2,20,21,22);1H. The van der Waals surface area contributed by atoms with Gasteiger partial charge >= 0.3 is 0 Å². The topological polar surface area (TPSA) is 67.1 Å². The fraction of sp³-hybridized carbons (Fsp3) is 0.471. The van der Waals surface area contributed by atoms with Gasteiger partial charge in [0.25, 0.3) is 0 Å². The summed E-state index contributed by atoms with van der Waals surface area (Å²) >= 11 is 14.0. The van der Waals surface area contributed by atoms with Crippen molar-refractivity contribution < 1.29 is 0 Å². The van der Waals surface area contributed by atoms with Crippen LogP contribution in [0.5, 0.6) is 0 Å². The lowest BCUT2D eigenvalue weighted by Gasteiger charge is -2.13. The first-order chi connectivity index (χ1) is 12.5. The van der Waals surface area contributed by atoms with Crippen molar-refractivity contribution in [3.63, 3.8) is 0 Å². The molecule has 1 heterocycles. The highest BCUT2D eigenvalue weighted by atomic mass is 127. The fourth-order valence-electron chi connectivity index (χ4n) is 2.18. The van der Waals surface area contributed by atoms with E-state index in [2.05, 4.69) is 32.1 Å². The van der Waals surface area contributed by atoms with Gasteiger partial charge in [0, 0.05) is 23.6 Å². The van der Waals surface area contributed by atoms with Gasteiger partial charge in [0.2, 0.25) is 0 Å². The number of benzene rings is 1. The summed E-state index contributed by atoms with van der Waals surface area (Å²) in [6.45, 7) is 3.78. The quantitative estimate of drug-likeness (QED) is 0.228. The zero-order valence-electron chi connectivity index (χ0n) is 15.6. The van der Waals surface area contributed by atoms with Crippen LogP contribution in [0, 0.1) is 6.92 Å². The number of guanidine groups is 1. The van der Waals surface area contributed by atoms with E-state index in [-0.39, 0.29) is 24.0 Å². The minimum atomic E-state index is 0. The van der Waals surface area contributed by atoms with E-state index < -0.39 is 0 Å². The van der Waals surface area contributed by atoms with E-state index in [1.54, 1.807) is 6.07 Å². The number of hydrogen-bond donors (Lipinski definition) is 2. The number of halogens is 3. The molecule has 0 aliphatic rings.